The van der Waals surface area contributed by atoms with Crippen molar-refractivity contribution in [1.29, 1.82) is 0 Å². The van der Waals surface area contributed by atoms with Crippen molar-refractivity contribution in [2.45, 2.75) is 32.2 Å². The molecule has 146 valence electrons. The largest absolute Gasteiger partial charge is 0.379 e. The summed E-state index contributed by atoms with van der Waals surface area (Å²) in [5, 5.41) is 3.59. The highest BCUT2D eigenvalue weighted by atomic mass is 127. The summed E-state index contributed by atoms with van der Waals surface area (Å²) in [6.45, 7) is 11.4. The molecule has 1 aromatic rings. The van der Waals surface area contributed by atoms with Crippen molar-refractivity contribution in [1.82, 2.24) is 15.1 Å². The zero-order chi connectivity index (χ0) is 17.6. The van der Waals surface area contributed by atoms with E-state index in [-0.39, 0.29) is 24.0 Å². The lowest BCUT2D eigenvalue weighted by atomic mass is 9.99. The predicted molar refractivity (Wildman–Crippen MR) is 119 cm³/mol. The number of halogens is 1. The monoisotopic (exact) mass is 472 g/mol. The lowest BCUT2D eigenvalue weighted by Gasteiger charge is -2.32. The number of nitrogens with one attached hydrogen (secondary N) is 1. The molecule has 2 aliphatic rings. The summed E-state index contributed by atoms with van der Waals surface area (Å²) in [6, 6.07) is 9.42. The van der Waals surface area contributed by atoms with E-state index >= 15 is 0 Å². The minimum absolute atomic E-state index is 0. The topological polar surface area (TPSA) is 40.1 Å². The molecule has 5 nitrogen and oxygen atoms in total. The Balaban J connectivity index is 0.00000243. The number of aryl methyl sites for hydroxylation is 1. The summed E-state index contributed by atoms with van der Waals surface area (Å²) in [5.74, 6) is 1.50. The van der Waals surface area contributed by atoms with Crippen LogP contribution in [0.5, 0.6) is 0 Å². The Bertz CT molecular complexity index is 589. The van der Waals surface area contributed by atoms with Crippen LogP contribution in [0.3, 0.4) is 0 Å². The first kappa shape index (κ1) is 21.4. The number of morpholine rings is 1. The third kappa shape index (κ3) is 5.57. The molecule has 2 fully saturated rings. The van der Waals surface area contributed by atoms with Gasteiger partial charge in [0.2, 0.25) is 0 Å². The van der Waals surface area contributed by atoms with Crippen LogP contribution in [-0.4, -0.2) is 74.8 Å². The van der Waals surface area contributed by atoms with E-state index in [1.165, 1.54) is 17.5 Å². The second kappa shape index (κ2) is 10.5. The highest BCUT2D eigenvalue weighted by Crippen LogP contribution is 2.18. The van der Waals surface area contributed by atoms with E-state index in [1.54, 1.807) is 0 Å². The Morgan fingerprint density at radius 2 is 2.08 bits per heavy atom. The van der Waals surface area contributed by atoms with Gasteiger partial charge in [0.05, 0.1) is 13.2 Å². The molecule has 0 saturated carbocycles. The number of likely N-dealkylation sites (tertiary alicyclic amines) is 1. The lowest BCUT2D eigenvalue weighted by Crippen LogP contribution is -2.47. The van der Waals surface area contributed by atoms with Crippen LogP contribution in [0.4, 0.5) is 0 Å². The van der Waals surface area contributed by atoms with Crippen molar-refractivity contribution in [3.63, 3.8) is 0 Å². The third-order valence-electron chi connectivity index (χ3n) is 5.41. The number of nitrogens with zero attached hydrogens (tertiary/aromatic N) is 3. The number of benzene rings is 1. The second-order valence-corrected chi connectivity index (χ2v) is 7.28. The highest BCUT2D eigenvalue weighted by Gasteiger charge is 2.30. The van der Waals surface area contributed by atoms with Gasteiger partial charge in [-0.15, -0.1) is 24.0 Å². The molecule has 6 heteroatoms. The van der Waals surface area contributed by atoms with E-state index < -0.39 is 0 Å². The van der Waals surface area contributed by atoms with Crippen molar-refractivity contribution < 1.29 is 4.74 Å². The summed E-state index contributed by atoms with van der Waals surface area (Å²) < 4.78 is 5.48. The van der Waals surface area contributed by atoms with Crippen molar-refractivity contribution >= 4 is 29.9 Å². The van der Waals surface area contributed by atoms with Crippen LogP contribution in [0.1, 0.15) is 30.4 Å². The quantitative estimate of drug-likeness (QED) is 0.416. The van der Waals surface area contributed by atoms with Gasteiger partial charge in [0.15, 0.2) is 5.96 Å². The summed E-state index contributed by atoms with van der Waals surface area (Å²) >= 11 is 0. The molecule has 2 aliphatic heterocycles. The normalized spacial score (nSPS) is 22.8. The zero-order valence-electron chi connectivity index (χ0n) is 16.3. The van der Waals surface area contributed by atoms with Crippen LogP contribution in [0.2, 0.25) is 0 Å². The molecule has 0 aromatic heterocycles. The molecule has 3 rings (SSSR count). The van der Waals surface area contributed by atoms with Crippen LogP contribution < -0.4 is 5.32 Å². The minimum atomic E-state index is 0. The molecule has 2 atom stereocenters. The third-order valence-corrected chi connectivity index (χ3v) is 5.41. The number of rotatable bonds is 4. The highest BCUT2D eigenvalue weighted by molar-refractivity contribution is 14.0. The van der Waals surface area contributed by atoms with Gasteiger partial charge in [0.25, 0.3) is 0 Å². The molecule has 2 heterocycles. The van der Waals surface area contributed by atoms with Crippen LogP contribution in [-0.2, 0) is 4.74 Å². The van der Waals surface area contributed by atoms with E-state index in [2.05, 4.69) is 58.2 Å². The van der Waals surface area contributed by atoms with E-state index in [0.717, 1.165) is 51.9 Å². The van der Waals surface area contributed by atoms with Crippen molar-refractivity contribution in [2.75, 3.05) is 53.0 Å². The average molecular weight is 472 g/mol. The Kier molecular flexibility index (Phi) is 8.63. The molecule has 0 aliphatic carbocycles. The van der Waals surface area contributed by atoms with Crippen LogP contribution in [0, 0.1) is 6.92 Å². The van der Waals surface area contributed by atoms with Gasteiger partial charge in [-0.05, 0) is 24.8 Å². The molecule has 1 N–H and O–H groups in total. The first-order chi connectivity index (χ1) is 12.2. The summed E-state index contributed by atoms with van der Waals surface area (Å²) in [5.41, 5.74) is 2.71. The molecule has 0 amide bonds. The smallest absolute Gasteiger partial charge is 0.193 e. The fraction of sp³-hybridized carbons (Fsp3) is 0.650. The van der Waals surface area contributed by atoms with E-state index in [9.17, 15) is 0 Å². The molecule has 1 aromatic carbocycles. The molecule has 0 spiro atoms. The predicted octanol–water partition coefficient (Wildman–Crippen LogP) is 2.70. The Labute approximate surface area is 175 Å². The second-order valence-electron chi connectivity index (χ2n) is 7.28. The van der Waals surface area contributed by atoms with Crippen molar-refractivity contribution in [3.8, 4) is 0 Å². The fourth-order valence-electron chi connectivity index (χ4n) is 3.85. The number of aliphatic imine (C=N–C) groups is 1. The minimum Gasteiger partial charge on any atom is -0.379 e. The summed E-state index contributed by atoms with van der Waals surface area (Å²) in [6.07, 6.45) is 1.22. The Morgan fingerprint density at radius 3 is 2.77 bits per heavy atom. The summed E-state index contributed by atoms with van der Waals surface area (Å²) in [4.78, 5) is 9.50. The first-order valence-electron chi connectivity index (χ1n) is 9.51. The number of ether oxygens (including phenoxy) is 1. The molecule has 2 unspecified atom stereocenters. The Morgan fingerprint density at radius 1 is 1.31 bits per heavy atom. The van der Waals surface area contributed by atoms with Crippen molar-refractivity contribution in [3.05, 3.63) is 35.4 Å². The van der Waals surface area contributed by atoms with Gasteiger partial charge in [0.1, 0.15) is 0 Å². The number of guanidine groups is 1. The van der Waals surface area contributed by atoms with Crippen molar-refractivity contribution in [2.24, 2.45) is 4.99 Å². The zero-order valence-corrected chi connectivity index (χ0v) is 18.6. The first-order valence-corrected chi connectivity index (χ1v) is 9.51. The van der Waals surface area contributed by atoms with Gasteiger partial charge in [0, 0.05) is 45.8 Å². The standard InChI is InChI=1S/C20H32N4O.HI/c1-16-5-4-6-18(13-16)17(2)14-22-20(21-3)24-8-7-19(15-24)23-9-11-25-12-10-23;/h4-6,13,17,19H,7-12,14-15H2,1-3H3,(H,21,22);1H. The molecule has 26 heavy (non-hydrogen) atoms. The lowest BCUT2D eigenvalue weighted by molar-refractivity contribution is 0.0195. The van der Waals surface area contributed by atoms with E-state index in [4.69, 9.17) is 4.74 Å². The van der Waals surface area contributed by atoms with Gasteiger partial charge in [-0.1, -0.05) is 36.8 Å². The maximum Gasteiger partial charge on any atom is 0.193 e. The fourth-order valence-corrected chi connectivity index (χ4v) is 3.85. The van der Waals surface area contributed by atoms with Gasteiger partial charge < -0.3 is 15.0 Å². The van der Waals surface area contributed by atoms with Gasteiger partial charge in [-0.3, -0.25) is 9.89 Å². The molecular formula is C20H33IN4O. The summed E-state index contributed by atoms with van der Waals surface area (Å²) in [7, 11) is 1.89. The molecule has 2 saturated heterocycles. The Hall–Kier alpha value is -0.860. The van der Waals surface area contributed by atoms with Crippen LogP contribution >= 0.6 is 24.0 Å². The van der Waals surface area contributed by atoms with E-state index in [1.807, 2.05) is 7.05 Å². The maximum absolute atomic E-state index is 5.48. The van der Waals surface area contributed by atoms with Gasteiger partial charge in [-0.25, -0.2) is 0 Å². The van der Waals surface area contributed by atoms with E-state index in [0.29, 0.717) is 12.0 Å². The van der Waals surface area contributed by atoms with Crippen LogP contribution in [0.15, 0.2) is 29.3 Å². The molecule has 0 radical (unpaired) electrons. The SMILES string of the molecule is CN=C(NCC(C)c1cccc(C)c1)N1CCC(N2CCOCC2)C1.I. The van der Waals surface area contributed by atoms with Gasteiger partial charge in [-0.2, -0.15) is 0 Å². The maximum atomic E-state index is 5.48. The molecule has 0 bridgehead atoms. The van der Waals surface area contributed by atoms with Gasteiger partial charge >= 0.3 is 0 Å². The van der Waals surface area contributed by atoms with Crippen LogP contribution in [0.25, 0.3) is 0 Å². The number of hydrogen-bond acceptors (Lipinski definition) is 3. The average Bonchev–Trinajstić information content (AvgIpc) is 3.13. The molecular weight excluding hydrogens is 439 g/mol. The number of hydrogen-bond donors (Lipinski definition) is 1.